The molecule has 2 saturated heterocycles. The molecule has 3 aliphatic rings. The molecule has 1 spiro atoms. The van der Waals surface area contributed by atoms with Gasteiger partial charge in [-0.15, -0.1) is 0 Å². The average Bonchev–Trinajstić information content (AvgIpc) is 3.26. The van der Waals surface area contributed by atoms with E-state index in [-0.39, 0.29) is 11.3 Å². The molecule has 0 N–H and O–H groups in total. The summed E-state index contributed by atoms with van der Waals surface area (Å²) in [6.07, 6.45) is 8.79. The molecule has 37 heavy (non-hydrogen) atoms. The number of nitrogens with zero attached hydrogens (tertiary/aromatic N) is 5. The first kappa shape index (κ1) is 22.8. The fourth-order valence-electron chi connectivity index (χ4n) is 6.65. The van der Waals surface area contributed by atoms with Crippen molar-refractivity contribution in [1.29, 1.82) is 0 Å². The van der Waals surface area contributed by atoms with E-state index in [9.17, 15) is 0 Å². The van der Waals surface area contributed by atoms with Crippen molar-refractivity contribution in [3.63, 3.8) is 0 Å². The van der Waals surface area contributed by atoms with Gasteiger partial charge in [-0.1, -0.05) is 6.07 Å². The molecular formula is C30H31N5O2. The Morgan fingerprint density at radius 2 is 1.73 bits per heavy atom. The van der Waals surface area contributed by atoms with Gasteiger partial charge >= 0.3 is 0 Å². The molecule has 188 valence electrons. The number of hydrogen-bond donors (Lipinski definition) is 0. The van der Waals surface area contributed by atoms with Gasteiger partial charge in [0.25, 0.3) is 0 Å². The van der Waals surface area contributed by atoms with E-state index in [4.69, 9.17) is 24.4 Å². The molecule has 0 saturated carbocycles. The number of pyridine rings is 4. The quantitative estimate of drug-likeness (QED) is 0.405. The molecule has 1 unspecified atom stereocenters. The van der Waals surface area contributed by atoms with Gasteiger partial charge in [0, 0.05) is 55.4 Å². The van der Waals surface area contributed by atoms with Gasteiger partial charge in [-0.2, -0.15) is 0 Å². The molecule has 7 heteroatoms. The van der Waals surface area contributed by atoms with E-state index >= 15 is 0 Å². The monoisotopic (exact) mass is 493 g/mol. The van der Waals surface area contributed by atoms with Crippen LogP contribution in [0.3, 0.4) is 0 Å². The van der Waals surface area contributed by atoms with Crippen molar-refractivity contribution < 1.29 is 9.47 Å². The second-order valence-corrected chi connectivity index (χ2v) is 10.5. The molecule has 4 aromatic heterocycles. The van der Waals surface area contributed by atoms with Gasteiger partial charge in [-0.05, 0) is 73.2 Å². The van der Waals surface area contributed by atoms with E-state index in [0.29, 0.717) is 0 Å². The molecule has 6 heterocycles. The minimum atomic E-state index is 0.0389. The lowest BCUT2D eigenvalue weighted by Gasteiger charge is -2.34. The third-order valence-electron chi connectivity index (χ3n) is 8.51. The normalized spacial score (nSPS) is 20.9. The maximum Gasteiger partial charge on any atom is 0.160 e. The summed E-state index contributed by atoms with van der Waals surface area (Å²) in [4.78, 5) is 21.9. The van der Waals surface area contributed by atoms with Crippen LogP contribution in [0.15, 0.2) is 55.0 Å². The van der Waals surface area contributed by atoms with E-state index in [0.717, 1.165) is 81.2 Å². The molecule has 4 aromatic rings. The molecule has 7 rings (SSSR count). The lowest BCUT2D eigenvalue weighted by molar-refractivity contribution is 0.0483. The summed E-state index contributed by atoms with van der Waals surface area (Å²) in [7, 11) is 0. The minimum Gasteiger partial charge on any atom is -0.381 e. The fraction of sp³-hybridized carbons (Fsp3) is 0.400. The first-order chi connectivity index (χ1) is 18.2. The summed E-state index contributed by atoms with van der Waals surface area (Å²) < 4.78 is 11.4. The van der Waals surface area contributed by atoms with Crippen molar-refractivity contribution >= 4 is 16.7 Å². The van der Waals surface area contributed by atoms with Crippen molar-refractivity contribution in [2.45, 2.75) is 37.5 Å². The zero-order valence-corrected chi connectivity index (χ0v) is 21.2. The van der Waals surface area contributed by atoms with Gasteiger partial charge in [0.05, 0.1) is 42.2 Å². The van der Waals surface area contributed by atoms with Gasteiger partial charge in [0.2, 0.25) is 0 Å². The summed E-state index contributed by atoms with van der Waals surface area (Å²) in [5.41, 5.74) is 8.88. The molecule has 0 radical (unpaired) electrons. The van der Waals surface area contributed by atoms with Crippen molar-refractivity contribution in [2.75, 3.05) is 44.4 Å². The summed E-state index contributed by atoms with van der Waals surface area (Å²) in [5, 5.41) is 1.12. The largest absolute Gasteiger partial charge is 0.381 e. The molecule has 0 aromatic carbocycles. The maximum absolute atomic E-state index is 5.82. The predicted molar refractivity (Wildman–Crippen MR) is 143 cm³/mol. The lowest BCUT2D eigenvalue weighted by Crippen LogP contribution is -2.36. The molecule has 7 nitrogen and oxygen atoms in total. The van der Waals surface area contributed by atoms with Crippen LogP contribution in [0.5, 0.6) is 0 Å². The van der Waals surface area contributed by atoms with Crippen LogP contribution in [-0.4, -0.2) is 59.5 Å². The summed E-state index contributed by atoms with van der Waals surface area (Å²) in [6, 6.07) is 12.6. The number of hydrogen-bond acceptors (Lipinski definition) is 7. The Bertz CT molecular complexity index is 1450. The average molecular weight is 494 g/mol. The second kappa shape index (κ2) is 9.15. The van der Waals surface area contributed by atoms with Crippen LogP contribution in [0.2, 0.25) is 0 Å². The zero-order chi connectivity index (χ0) is 24.8. The summed E-state index contributed by atoms with van der Waals surface area (Å²) in [5.74, 6) is 0.207. The zero-order valence-electron chi connectivity index (χ0n) is 21.2. The van der Waals surface area contributed by atoms with E-state index in [1.54, 1.807) is 0 Å². The van der Waals surface area contributed by atoms with Gasteiger partial charge in [0.1, 0.15) is 0 Å². The molecule has 1 atom stereocenters. The van der Waals surface area contributed by atoms with Crippen molar-refractivity contribution in [3.8, 4) is 11.4 Å². The smallest absolute Gasteiger partial charge is 0.160 e. The van der Waals surface area contributed by atoms with Crippen LogP contribution in [0, 0.1) is 6.92 Å². The van der Waals surface area contributed by atoms with E-state index < -0.39 is 0 Å². The number of rotatable bonds is 3. The first-order valence-electron chi connectivity index (χ1n) is 13.3. The minimum absolute atomic E-state index is 0.0389. The van der Waals surface area contributed by atoms with Crippen LogP contribution >= 0.6 is 0 Å². The maximum atomic E-state index is 5.82. The van der Waals surface area contributed by atoms with Crippen LogP contribution in [-0.2, 0) is 14.9 Å². The molecule has 0 amide bonds. The SMILES string of the molecule is Cc1c(-c2ccccn2)nc2ncccc2c1C1CC2(CCOCC2)c2ncc(N3CCOCC3)cc21. The number of anilines is 1. The highest BCUT2D eigenvalue weighted by Crippen LogP contribution is 2.55. The topological polar surface area (TPSA) is 73.3 Å². The Kier molecular flexibility index (Phi) is 5.63. The molecule has 0 bridgehead atoms. The Balaban J connectivity index is 1.44. The van der Waals surface area contributed by atoms with Crippen molar-refractivity contribution in [3.05, 3.63) is 77.4 Å². The molecule has 2 fully saturated rings. The Morgan fingerprint density at radius 3 is 2.54 bits per heavy atom. The third-order valence-corrected chi connectivity index (χ3v) is 8.51. The highest BCUT2D eigenvalue weighted by atomic mass is 16.5. The number of aromatic nitrogens is 4. The number of ether oxygens (including phenoxy) is 2. The molecular weight excluding hydrogens is 462 g/mol. The van der Waals surface area contributed by atoms with E-state index in [2.05, 4.69) is 35.1 Å². The summed E-state index contributed by atoms with van der Waals surface area (Å²) in [6.45, 7) is 7.09. The van der Waals surface area contributed by atoms with Crippen LogP contribution in [0.25, 0.3) is 22.4 Å². The number of fused-ring (bicyclic) bond motifs is 3. The Labute approximate surface area is 216 Å². The van der Waals surface area contributed by atoms with Crippen molar-refractivity contribution in [1.82, 2.24) is 19.9 Å². The highest BCUT2D eigenvalue weighted by Gasteiger charge is 2.47. The van der Waals surface area contributed by atoms with Gasteiger partial charge in [-0.3, -0.25) is 9.97 Å². The highest BCUT2D eigenvalue weighted by molar-refractivity contribution is 5.85. The van der Waals surface area contributed by atoms with Gasteiger partial charge in [-0.25, -0.2) is 9.97 Å². The predicted octanol–water partition coefficient (Wildman–Crippen LogP) is 4.82. The van der Waals surface area contributed by atoms with E-state index in [1.807, 2.05) is 36.7 Å². The molecule has 1 aliphatic carbocycles. The van der Waals surface area contributed by atoms with Gasteiger partial charge < -0.3 is 14.4 Å². The lowest BCUT2D eigenvalue weighted by atomic mass is 9.75. The summed E-state index contributed by atoms with van der Waals surface area (Å²) >= 11 is 0. The van der Waals surface area contributed by atoms with Crippen LogP contribution in [0.4, 0.5) is 5.69 Å². The molecule has 2 aliphatic heterocycles. The Morgan fingerprint density at radius 1 is 0.919 bits per heavy atom. The second-order valence-electron chi connectivity index (χ2n) is 10.5. The standard InChI is InChI=1S/C30H31N5O2/c1-20-26(22-5-4-10-32-29(22)34-27(20)25-6-2-3-9-31-25)24-18-30(7-13-36-14-8-30)28-23(24)17-21(19-33-28)35-11-15-37-16-12-35/h2-6,9-10,17,19,24H,7-8,11-16,18H2,1H3. The van der Waals surface area contributed by atoms with Crippen LogP contribution < -0.4 is 4.90 Å². The Hall–Kier alpha value is -3.42. The number of morpholine rings is 1. The van der Waals surface area contributed by atoms with Gasteiger partial charge in [0.15, 0.2) is 5.65 Å². The third kappa shape index (κ3) is 3.80. The first-order valence-corrected chi connectivity index (χ1v) is 13.3. The van der Waals surface area contributed by atoms with Crippen molar-refractivity contribution in [2.24, 2.45) is 0 Å². The van der Waals surface area contributed by atoms with E-state index in [1.165, 1.54) is 28.1 Å². The fourth-order valence-corrected chi connectivity index (χ4v) is 6.65. The van der Waals surface area contributed by atoms with Crippen LogP contribution in [0.1, 0.15) is 47.6 Å².